The highest BCUT2D eigenvalue weighted by Gasteiger charge is 2.39. The normalized spacial score (nSPS) is 16.4. The van der Waals surface area contributed by atoms with Gasteiger partial charge in [0.05, 0.1) is 13.0 Å². The van der Waals surface area contributed by atoms with E-state index in [-0.39, 0.29) is 49.9 Å². The van der Waals surface area contributed by atoms with Gasteiger partial charge >= 0.3 is 5.97 Å². The molecule has 1 saturated heterocycles. The van der Waals surface area contributed by atoms with Gasteiger partial charge in [0.1, 0.15) is 36.3 Å². The van der Waals surface area contributed by atoms with Crippen molar-refractivity contribution in [3.8, 4) is 5.75 Å². The van der Waals surface area contributed by atoms with Crippen molar-refractivity contribution < 1.29 is 43.7 Å². The van der Waals surface area contributed by atoms with E-state index in [1.54, 1.807) is 44.2 Å². The van der Waals surface area contributed by atoms with Crippen LogP contribution in [-0.4, -0.2) is 81.6 Å². The summed E-state index contributed by atoms with van der Waals surface area (Å²) in [5, 5.41) is 25.1. The highest BCUT2D eigenvalue weighted by Crippen LogP contribution is 2.25. The Hall–Kier alpha value is -4.00. The Kier molecular flexibility index (Phi) is 15.0. The van der Waals surface area contributed by atoms with Crippen LogP contribution < -0.4 is 10.6 Å². The Morgan fingerprint density at radius 3 is 2.20 bits per heavy atom. The minimum Gasteiger partial charge on any atom is -0.508 e. The molecule has 4 atom stereocenters. The maximum Gasteiger partial charge on any atom is 0.305 e. The zero-order valence-electron chi connectivity index (χ0n) is 27.7. The van der Waals surface area contributed by atoms with E-state index in [4.69, 9.17) is 27.9 Å². The van der Waals surface area contributed by atoms with E-state index < -0.39 is 66.5 Å². The van der Waals surface area contributed by atoms with E-state index in [0.29, 0.717) is 28.5 Å². The van der Waals surface area contributed by atoms with Gasteiger partial charge in [-0.3, -0.25) is 24.0 Å². The molecule has 0 aliphatic carbocycles. The van der Waals surface area contributed by atoms with Crippen LogP contribution in [0.4, 0.5) is 0 Å². The second kappa shape index (κ2) is 18.7. The van der Waals surface area contributed by atoms with E-state index >= 15 is 0 Å². The minimum absolute atomic E-state index is 0.0609. The molecule has 0 spiro atoms. The maximum absolute atomic E-state index is 14.0. The van der Waals surface area contributed by atoms with Crippen molar-refractivity contribution in [3.63, 3.8) is 0 Å². The lowest BCUT2D eigenvalue weighted by Gasteiger charge is -2.38. The van der Waals surface area contributed by atoms with Gasteiger partial charge in [-0.1, -0.05) is 55.2 Å². The number of amides is 3. The number of ether oxygens (including phenoxy) is 1. The summed E-state index contributed by atoms with van der Waals surface area (Å²) in [6.45, 7) is 4.44. The molecule has 4 N–H and O–H groups in total. The van der Waals surface area contributed by atoms with Crippen LogP contribution in [0.5, 0.6) is 5.75 Å². The van der Waals surface area contributed by atoms with E-state index in [9.17, 15) is 39.0 Å². The Bertz CT molecular complexity index is 1500. The van der Waals surface area contributed by atoms with Gasteiger partial charge in [-0.15, -0.1) is 0 Å². The van der Waals surface area contributed by atoms with Crippen molar-refractivity contribution in [2.75, 3.05) is 13.2 Å². The number of nitrogens with one attached hydrogen (secondary N) is 2. The Labute approximate surface area is 295 Å². The van der Waals surface area contributed by atoms with Crippen molar-refractivity contribution in [1.82, 2.24) is 15.5 Å². The summed E-state index contributed by atoms with van der Waals surface area (Å²) in [4.78, 5) is 79.2. The third-order valence-electron chi connectivity index (χ3n) is 8.28. The Morgan fingerprint density at radius 1 is 0.959 bits per heavy atom. The predicted molar refractivity (Wildman–Crippen MR) is 182 cm³/mol. The number of hydrogen-bond donors (Lipinski definition) is 4. The summed E-state index contributed by atoms with van der Waals surface area (Å²) in [7, 11) is 0. The largest absolute Gasteiger partial charge is 0.508 e. The summed E-state index contributed by atoms with van der Waals surface area (Å²) >= 11 is 12.3. The highest BCUT2D eigenvalue weighted by atomic mass is 35.5. The van der Waals surface area contributed by atoms with Crippen LogP contribution in [0.1, 0.15) is 64.0 Å². The zero-order valence-corrected chi connectivity index (χ0v) is 29.3. The van der Waals surface area contributed by atoms with Gasteiger partial charge in [-0.05, 0) is 68.4 Å². The number of aromatic hydroxyl groups is 1. The second-order valence-corrected chi connectivity index (χ2v) is 13.4. The Morgan fingerprint density at radius 2 is 1.61 bits per heavy atom. The molecule has 2 aromatic carbocycles. The van der Waals surface area contributed by atoms with Crippen LogP contribution in [0, 0.1) is 11.8 Å². The molecule has 3 amide bonds. The van der Waals surface area contributed by atoms with Crippen molar-refractivity contribution in [1.29, 1.82) is 0 Å². The first kappa shape index (κ1) is 39.4. The second-order valence-electron chi connectivity index (χ2n) is 12.6. The van der Waals surface area contributed by atoms with Gasteiger partial charge in [0.2, 0.25) is 17.7 Å². The fraction of sp³-hybridized carbons (Fsp3) is 0.486. The van der Waals surface area contributed by atoms with Gasteiger partial charge in [0, 0.05) is 34.5 Å². The number of piperidine rings is 1. The van der Waals surface area contributed by atoms with Gasteiger partial charge in [0.15, 0.2) is 5.78 Å². The van der Waals surface area contributed by atoms with E-state index in [1.807, 2.05) is 0 Å². The monoisotopic (exact) mass is 719 g/mol. The molecule has 0 bridgehead atoms. The molecule has 266 valence electrons. The first-order valence-electron chi connectivity index (χ1n) is 16.1. The van der Waals surface area contributed by atoms with Gasteiger partial charge in [-0.2, -0.15) is 0 Å². The molecule has 12 nitrogen and oxygen atoms in total. The minimum atomic E-state index is -1.43. The number of carbonyl (C=O) groups excluding carboxylic acids is 5. The third-order valence-corrected chi connectivity index (χ3v) is 8.99. The van der Waals surface area contributed by atoms with Crippen LogP contribution in [0.2, 0.25) is 10.0 Å². The van der Waals surface area contributed by atoms with Crippen molar-refractivity contribution in [2.45, 2.75) is 84.0 Å². The lowest BCUT2D eigenvalue weighted by atomic mass is 9.92. The number of phenols is 1. The highest BCUT2D eigenvalue weighted by molar-refractivity contribution is 6.35. The molecular weight excluding hydrogens is 677 g/mol. The molecule has 14 heteroatoms. The number of aliphatic carboxylic acids is 1. The number of carboxylic acid groups (broad SMARTS) is 1. The molecular formula is C35H43Cl2N3O9. The first-order valence-corrected chi connectivity index (χ1v) is 16.9. The SMILES string of the molecule is CC(=O)C[C@@H](Cc1ccc(O)cc1)C(=O)N[C@H](C(=O)N1CCCC[C@H]1C(=O)N[C@@H](CC(=O)O)C(=O)COCc1c(Cl)cccc1Cl)C(C)C. The standard InChI is InChI=1S/C35H43Cl2N3O9/c1-20(2)32(39-33(46)23(15-21(3)41)16-22-10-12-24(42)13-11-22)35(48)40-14-5-4-9-29(40)34(47)38-28(17-31(44)45)30(43)19-49-18-25-26(36)7-6-8-27(25)37/h6-8,10-13,20,23,28-29,32,42H,4-5,9,14-19H2,1-3H3,(H,38,47)(H,39,46)(H,44,45)/t23-,28-,29-,32-/m0/s1. The molecule has 1 fully saturated rings. The number of nitrogens with zero attached hydrogens (tertiary/aromatic N) is 1. The maximum atomic E-state index is 14.0. The number of Topliss-reactive ketones (excluding diaryl/α,β-unsaturated/α-hetero) is 2. The summed E-state index contributed by atoms with van der Waals surface area (Å²) in [5.41, 5.74) is 1.18. The molecule has 49 heavy (non-hydrogen) atoms. The number of ketones is 2. The number of rotatable bonds is 17. The fourth-order valence-electron chi connectivity index (χ4n) is 5.66. The molecule has 1 heterocycles. The van der Waals surface area contributed by atoms with Crippen molar-refractivity contribution >= 4 is 58.5 Å². The summed E-state index contributed by atoms with van der Waals surface area (Å²) in [6.07, 6.45) is 0.900. The average Bonchev–Trinajstić information content (AvgIpc) is 3.04. The predicted octanol–water partition coefficient (Wildman–Crippen LogP) is 4.10. The molecule has 2 aromatic rings. The summed E-state index contributed by atoms with van der Waals surface area (Å²) in [6, 6.07) is 7.66. The molecule has 1 aliphatic heterocycles. The fourth-order valence-corrected chi connectivity index (χ4v) is 6.17. The van der Waals surface area contributed by atoms with E-state index in [2.05, 4.69) is 10.6 Å². The summed E-state index contributed by atoms with van der Waals surface area (Å²) in [5.74, 6) is -5.03. The third kappa shape index (κ3) is 11.8. The smallest absolute Gasteiger partial charge is 0.305 e. The van der Waals surface area contributed by atoms with Crippen molar-refractivity contribution in [2.24, 2.45) is 11.8 Å². The van der Waals surface area contributed by atoms with Crippen LogP contribution in [-0.2, 0) is 46.5 Å². The number of likely N-dealkylation sites (tertiary alicyclic amines) is 1. The van der Waals surface area contributed by atoms with Crippen molar-refractivity contribution in [3.05, 3.63) is 63.6 Å². The number of benzene rings is 2. The van der Waals surface area contributed by atoms with E-state index in [1.165, 1.54) is 24.0 Å². The van der Waals surface area contributed by atoms with Gasteiger partial charge < -0.3 is 35.3 Å². The molecule has 0 radical (unpaired) electrons. The number of hydrogen-bond acceptors (Lipinski definition) is 8. The number of carboxylic acids is 1. The number of halogens is 2. The molecule has 3 rings (SSSR count). The lowest BCUT2D eigenvalue weighted by molar-refractivity contribution is -0.148. The molecule has 1 aliphatic rings. The van der Waals surface area contributed by atoms with E-state index in [0.717, 1.165) is 5.56 Å². The topological polar surface area (TPSA) is 179 Å². The van der Waals surface area contributed by atoms with Crippen LogP contribution in [0.3, 0.4) is 0 Å². The molecule has 0 saturated carbocycles. The quantitative estimate of drug-likeness (QED) is 0.187. The van der Waals surface area contributed by atoms with Gasteiger partial charge in [0.25, 0.3) is 0 Å². The van der Waals surface area contributed by atoms with Crippen LogP contribution in [0.25, 0.3) is 0 Å². The zero-order chi connectivity index (χ0) is 36.2. The summed E-state index contributed by atoms with van der Waals surface area (Å²) < 4.78 is 5.47. The average molecular weight is 721 g/mol. The number of carbonyl (C=O) groups is 6. The lowest BCUT2D eigenvalue weighted by Crippen LogP contribution is -2.60. The van der Waals surface area contributed by atoms with Gasteiger partial charge in [-0.25, -0.2) is 0 Å². The Balaban J connectivity index is 1.72. The van der Waals surface area contributed by atoms with Crippen LogP contribution >= 0.6 is 23.2 Å². The molecule has 0 aromatic heterocycles. The van der Waals surface area contributed by atoms with Crippen LogP contribution in [0.15, 0.2) is 42.5 Å². The first-order chi connectivity index (χ1) is 23.2. The molecule has 0 unspecified atom stereocenters. The number of phenolic OH excluding ortho intramolecular Hbond substituents is 1.